The number of nitrogens with zero attached hydrogens (tertiary/aromatic N) is 1. The third-order valence-corrected chi connectivity index (χ3v) is 5.92. The van der Waals surface area contributed by atoms with E-state index in [-0.39, 0.29) is 23.0 Å². The highest BCUT2D eigenvalue weighted by molar-refractivity contribution is 7.99. The molecule has 2 aromatic rings. The van der Waals surface area contributed by atoms with E-state index in [1.165, 1.54) is 11.6 Å². The van der Waals surface area contributed by atoms with E-state index in [4.69, 9.17) is 0 Å². The van der Waals surface area contributed by atoms with Crippen molar-refractivity contribution in [2.24, 2.45) is 5.92 Å². The molecule has 1 saturated carbocycles. The smallest absolute Gasteiger partial charge is 0.227 e. The number of halogens is 1. The van der Waals surface area contributed by atoms with Gasteiger partial charge in [-0.05, 0) is 24.0 Å². The first-order valence-corrected chi connectivity index (χ1v) is 9.02. The lowest BCUT2D eigenvalue weighted by atomic mass is 10.1. The molecular weight excluding hydrogens is 309 g/mol. The fourth-order valence-electron chi connectivity index (χ4n) is 3.38. The molecule has 4 rings (SSSR count). The maximum Gasteiger partial charge on any atom is 0.227 e. The summed E-state index contributed by atoms with van der Waals surface area (Å²) in [6.45, 7) is 0.709. The Morgan fingerprint density at radius 2 is 1.83 bits per heavy atom. The van der Waals surface area contributed by atoms with Crippen molar-refractivity contribution in [3.8, 4) is 0 Å². The van der Waals surface area contributed by atoms with Gasteiger partial charge in [0.25, 0.3) is 0 Å². The Labute approximate surface area is 139 Å². The first kappa shape index (κ1) is 14.8. The molecule has 2 aromatic carbocycles. The number of thioether (sulfide) groups is 1. The molecular formula is C19H18FNOS. The molecule has 0 aromatic heterocycles. The second-order valence-corrected chi connectivity index (χ2v) is 7.32. The fraction of sp³-hybridized carbons (Fsp3) is 0.316. The number of amides is 1. The quantitative estimate of drug-likeness (QED) is 0.842. The van der Waals surface area contributed by atoms with Crippen LogP contribution < -0.4 is 0 Å². The molecule has 0 N–H and O–H groups in total. The SMILES string of the molecule is O=C([C@H]1C[C@H]1c1ccccc1)N1CCS[C@@H]1c1ccccc1F. The molecule has 0 unspecified atom stereocenters. The Morgan fingerprint density at radius 1 is 1.09 bits per heavy atom. The minimum atomic E-state index is -0.222. The lowest BCUT2D eigenvalue weighted by Crippen LogP contribution is -2.32. The number of rotatable bonds is 3. The van der Waals surface area contributed by atoms with Gasteiger partial charge in [0.15, 0.2) is 0 Å². The highest BCUT2D eigenvalue weighted by atomic mass is 32.2. The van der Waals surface area contributed by atoms with Crippen molar-refractivity contribution >= 4 is 17.7 Å². The van der Waals surface area contributed by atoms with E-state index in [1.807, 2.05) is 29.2 Å². The van der Waals surface area contributed by atoms with Gasteiger partial charge in [-0.15, -0.1) is 11.8 Å². The van der Waals surface area contributed by atoms with E-state index in [1.54, 1.807) is 23.9 Å². The van der Waals surface area contributed by atoms with Crippen molar-refractivity contribution < 1.29 is 9.18 Å². The molecule has 1 amide bonds. The van der Waals surface area contributed by atoms with Gasteiger partial charge in [-0.25, -0.2) is 4.39 Å². The minimum Gasteiger partial charge on any atom is -0.325 e. The summed E-state index contributed by atoms with van der Waals surface area (Å²) < 4.78 is 14.1. The molecule has 1 aliphatic heterocycles. The van der Waals surface area contributed by atoms with Crippen LogP contribution in [0.3, 0.4) is 0 Å². The van der Waals surface area contributed by atoms with E-state index in [2.05, 4.69) is 12.1 Å². The number of carbonyl (C=O) groups excluding carboxylic acids is 1. The summed E-state index contributed by atoms with van der Waals surface area (Å²) >= 11 is 1.65. The molecule has 0 radical (unpaired) electrons. The van der Waals surface area contributed by atoms with E-state index < -0.39 is 0 Å². The first-order chi connectivity index (χ1) is 11.3. The lowest BCUT2D eigenvalue weighted by molar-refractivity contribution is -0.132. The van der Waals surface area contributed by atoms with Crippen molar-refractivity contribution in [3.63, 3.8) is 0 Å². The van der Waals surface area contributed by atoms with Crippen LogP contribution >= 0.6 is 11.8 Å². The summed E-state index contributed by atoms with van der Waals surface area (Å²) in [5.41, 5.74) is 1.86. The standard InChI is InChI=1S/C19H18FNOS/c20-17-9-5-4-8-14(17)19-21(10-11-23-19)18(22)16-12-15(16)13-6-2-1-3-7-13/h1-9,15-16,19H,10-12H2/t15-,16-,19+/m0/s1. The molecule has 2 aliphatic rings. The zero-order valence-electron chi connectivity index (χ0n) is 12.7. The van der Waals surface area contributed by atoms with E-state index in [0.717, 1.165) is 12.2 Å². The average Bonchev–Trinajstić information content (AvgIpc) is 3.25. The molecule has 23 heavy (non-hydrogen) atoms. The second-order valence-electron chi connectivity index (χ2n) is 6.14. The van der Waals surface area contributed by atoms with Gasteiger partial charge in [-0.1, -0.05) is 48.5 Å². The van der Waals surface area contributed by atoms with Crippen LogP contribution in [0.15, 0.2) is 54.6 Å². The second kappa shape index (κ2) is 6.00. The average molecular weight is 327 g/mol. The van der Waals surface area contributed by atoms with E-state index >= 15 is 0 Å². The summed E-state index contributed by atoms with van der Waals surface area (Å²) in [4.78, 5) is 14.7. The third-order valence-electron chi connectivity index (χ3n) is 4.68. The predicted molar refractivity (Wildman–Crippen MR) is 90.6 cm³/mol. The van der Waals surface area contributed by atoms with Crippen molar-refractivity contribution in [1.82, 2.24) is 4.90 Å². The van der Waals surface area contributed by atoms with Gasteiger partial charge in [0.05, 0.1) is 0 Å². The lowest BCUT2D eigenvalue weighted by Gasteiger charge is -2.24. The van der Waals surface area contributed by atoms with Crippen LogP contribution in [0.4, 0.5) is 4.39 Å². The van der Waals surface area contributed by atoms with Crippen LogP contribution in [0, 0.1) is 11.7 Å². The molecule has 1 aliphatic carbocycles. The van der Waals surface area contributed by atoms with Gasteiger partial charge in [-0.2, -0.15) is 0 Å². The van der Waals surface area contributed by atoms with Gasteiger partial charge in [0.1, 0.15) is 11.2 Å². The number of hydrogen-bond acceptors (Lipinski definition) is 2. The van der Waals surface area contributed by atoms with Crippen LogP contribution in [-0.2, 0) is 4.79 Å². The maximum absolute atomic E-state index is 14.1. The summed E-state index contributed by atoms with van der Waals surface area (Å²) in [6, 6.07) is 17.0. The molecule has 1 heterocycles. The largest absolute Gasteiger partial charge is 0.325 e. The topological polar surface area (TPSA) is 20.3 Å². The van der Waals surface area contributed by atoms with Crippen LogP contribution in [-0.4, -0.2) is 23.1 Å². The summed E-state index contributed by atoms with van der Waals surface area (Å²) in [6.07, 6.45) is 0.911. The Morgan fingerprint density at radius 3 is 2.61 bits per heavy atom. The monoisotopic (exact) mass is 327 g/mol. The Hall–Kier alpha value is -1.81. The minimum absolute atomic E-state index is 0.0605. The predicted octanol–water partition coefficient (Wildman–Crippen LogP) is 4.20. The van der Waals surface area contributed by atoms with E-state index in [0.29, 0.717) is 18.0 Å². The molecule has 0 bridgehead atoms. The highest BCUT2D eigenvalue weighted by Gasteiger charge is 2.48. The Bertz CT molecular complexity index is 720. The fourth-order valence-corrected chi connectivity index (χ4v) is 4.66. The van der Waals surface area contributed by atoms with Crippen molar-refractivity contribution in [1.29, 1.82) is 0 Å². The van der Waals surface area contributed by atoms with Gasteiger partial charge in [0, 0.05) is 23.8 Å². The van der Waals surface area contributed by atoms with Crippen LogP contribution in [0.1, 0.15) is 28.8 Å². The third kappa shape index (κ3) is 2.76. The normalized spacial score (nSPS) is 26.3. The van der Waals surface area contributed by atoms with Gasteiger partial charge in [-0.3, -0.25) is 4.79 Å². The number of benzene rings is 2. The number of hydrogen-bond donors (Lipinski definition) is 0. The summed E-state index contributed by atoms with van der Waals surface area (Å²) in [7, 11) is 0. The Balaban J connectivity index is 1.52. The van der Waals surface area contributed by atoms with Gasteiger partial charge < -0.3 is 4.90 Å². The highest BCUT2D eigenvalue weighted by Crippen LogP contribution is 2.51. The Kier molecular flexibility index (Phi) is 3.85. The summed E-state index contributed by atoms with van der Waals surface area (Å²) in [5.74, 6) is 1.21. The molecule has 3 atom stereocenters. The first-order valence-electron chi connectivity index (χ1n) is 7.97. The molecule has 4 heteroatoms. The van der Waals surface area contributed by atoms with Crippen molar-refractivity contribution in [3.05, 3.63) is 71.5 Å². The molecule has 0 spiro atoms. The maximum atomic E-state index is 14.1. The van der Waals surface area contributed by atoms with Gasteiger partial charge >= 0.3 is 0 Å². The zero-order valence-corrected chi connectivity index (χ0v) is 13.5. The van der Waals surface area contributed by atoms with Gasteiger partial charge in [0.2, 0.25) is 5.91 Å². The van der Waals surface area contributed by atoms with Crippen molar-refractivity contribution in [2.75, 3.05) is 12.3 Å². The zero-order chi connectivity index (χ0) is 15.8. The molecule has 118 valence electrons. The number of carbonyl (C=O) groups is 1. The summed E-state index contributed by atoms with van der Waals surface area (Å²) in [5, 5.41) is -0.180. The van der Waals surface area contributed by atoms with Crippen molar-refractivity contribution in [2.45, 2.75) is 17.7 Å². The van der Waals surface area contributed by atoms with Crippen LogP contribution in [0.25, 0.3) is 0 Å². The molecule has 2 fully saturated rings. The molecule has 1 saturated heterocycles. The molecule has 2 nitrogen and oxygen atoms in total. The van der Waals surface area contributed by atoms with E-state index in [9.17, 15) is 9.18 Å². The van der Waals surface area contributed by atoms with Crippen LogP contribution in [0.2, 0.25) is 0 Å². The van der Waals surface area contributed by atoms with Crippen LogP contribution in [0.5, 0.6) is 0 Å².